The van der Waals surface area contributed by atoms with E-state index in [4.69, 9.17) is 15.0 Å². The minimum atomic E-state index is -0.414. The summed E-state index contributed by atoms with van der Waals surface area (Å²) in [5, 5.41) is 0. The highest BCUT2D eigenvalue weighted by Crippen LogP contribution is 2.62. The summed E-state index contributed by atoms with van der Waals surface area (Å²) in [5.41, 5.74) is 14.8. The average molecular weight is 732 g/mol. The summed E-state index contributed by atoms with van der Waals surface area (Å²) in [5.74, 6) is 1.92. The monoisotopic (exact) mass is 731 g/mol. The molecule has 262 valence electrons. The summed E-state index contributed by atoms with van der Waals surface area (Å²) < 4.78 is 0. The maximum atomic E-state index is 5.27. The molecule has 9 aromatic rings. The van der Waals surface area contributed by atoms with E-state index >= 15 is 0 Å². The minimum Gasteiger partial charge on any atom is -0.208 e. The van der Waals surface area contributed by atoms with E-state index in [1.165, 1.54) is 43.2 Å². The van der Waals surface area contributed by atoms with E-state index in [1.807, 2.05) is 36.0 Å². The Bertz CT molecular complexity index is 2910. The average Bonchev–Trinajstić information content (AvgIpc) is 3.57. The minimum absolute atomic E-state index is 0.414. The molecule has 0 radical (unpaired) electrons. The molecule has 56 heavy (non-hydrogen) atoms. The van der Waals surface area contributed by atoms with Gasteiger partial charge in [-0.05, 0) is 67.8 Å². The Kier molecular flexibility index (Phi) is 7.64. The molecule has 0 amide bonds. The van der Waals surface area contributed by atoms with E-state index < -0.39 is 5.41 Å². The summed E-state index contributed by atoms with van der Waals surface area (Å²) in [7, 11) is 0. The zero-order valence-corrected chi connectivity index (χ0v) is 31.1. The number of aromatic nitrogens is 3. The second kappa shape index (κ2) is 13.2. The Morgan fingerprint density at radius 3 is 1.32 bits per heavy atom. The Morgan fingerprint density at radius 2 is 0.714 bits per heavy atom. The molecule has 2 heterocycles. The maximum absolute atomic E-state index is 5.27. The van der Waals surface area contributed by atoms with Gasteiger partial charge in [0.25, 0.3) is 0 Å². The summed E-state index contributed by atoms with van der Waals surface area (Å²) in [6, 6.07) is 71.4. The van der Waals surface area contributed by atoms with Crippen molar-refractivity contribution < 1.29 is 0 Å². The van der Waals surface area contributed by atoms with E-state index in [0.29, 0.717) is 17.5 Å². The first kappa shape index (κ1) is 32.5. The van der Waals surface area contributed by atoms with Gasteiger partial charge >= 0.3 is 0 Å². The molecule has 3 nitrogen and oxygen atoms in total. The topological polar surface area (TPSA) is 38.7 Å². The normalized spacial score (nSPS) is 13.1. The molecular formula is C52H33N3S. The molecule has 4 heteroatoms. The number of benzene rings is 8. The number of fused-ring (bicyclic) bond motifs is 9. The first-order valence-corrected chi connectivity index (χ1v) is 19.8. The van der Waals surface area contributed by atoms with Crippen molar-refractivity contribution in [2.24, 2.45) is 0 Å². The fourth-order valence-corrected chi connectivity index (χ4v) is 10.1. The number of rotatable bonds is 5. The smallest absolute Gasteiger partial charge is 0.164 e. The molecule has 0 atom stereocenters. The van der Waals surface area contributed by atoms with Crippen LogP contribution in [-0.4, -0.2) is 15.0 Å². The van der Waals surface area contributed by atoms with Crippen molar-refractivity contribution in [1.29, 1.82) is 0 Å². The molecule has 0 fully saturated rings. The van der Waals surface area contributed by atoms with Gasteiger partial charge in [0.1, 0.15) is 0 Å². The lowest BCUT2D eigenvalue weighted by molar-refractivity contribution is 0.722. The van der Waals surface area contributed by atoms with Crippen LogP contribution >= 0.6 is 11.8 Å². The van der Waals surface area contributed by atoms with Crippen molar-refractivity contribution in [3.8, 4) is 67.5 Å². The first-order chi connectivity index (χ1) is 27.8. The molecule has 11 rings (SSSR count). The van der Waals surface area contributed by atoms with Gasteiger partial charge in [0.05, 0.1) is 5.41 Å². The Balaban J connectivity index is 1.11. The van der Waals surface area contributed by atoms with Crippen LogP contribution in [0.2, 0.25) is 0 Å². The van der Waals surface area contributed by atoms with Gasteiger partial charge in [-0.1, -0.05) is 200 Å². The number of hydrogen-bond donors (Lipinski definition) is 0. The van der Waals surface area contributed by atoms with Gasteiger partial charge in [-0.15, -0.1) is 0 Å². The largest absolute Gasteiger partial charge is 0.208 e. The summed E-state index contributed by atoms with van der Waals surface area (Å²) in [6.45, 7) is 0. The zero-order valence-electron chi connectivity index (χ0n) is 30.3. The third kappa shape index (κ3) is 5.03. The molecule has 0 N–H and O–H groups in total. The van der Waals surface area contributed by atoms with E-state index in [1.54, 1.807) is 0 Å². The lowest BCUT2D eigenvalue weighted by Crippen LogP contribution is -2.31. The molecule has 1 spiro atoms. The van der Waals surface area contributed by atoms with Crippen LogP contribution < -0.4 is 0 Å². The molecule has 1 aromatic heterocycles. The third-order valence-corrected chi connectivity index (χ3v) is 12.4. The summed E-state index contributed by atoms with van der Waals surface area (Å²) in [4.78, 5) is 18.1. The van der Waals surface area contributed by atoms with Crippen molar-refractivity contribution in [1.82, 2.24) is 15.0 Å². The predicted molar refractivity (Wildman–Crippen MR) is 228 cm³/mol. The molecular weight excluding hydrogens is 699 g/mol. The van der Waals surface area contributed by atoms with E-state index in [2.05, 4.69) is 176 Å². The fourth-order valence-electron chi connectivity index (χ4n) is 8.84. The first-order valence-electron chi connectivity index (χ1n) is 18.9. The van der Waals surface area contributed by atoms with Crippen molar-refractivity contribution in [2.75, 3.05) is 0 Å². The third-order valence-electron chi connectivity index (χ3n) is 11.2. The summed E-state index contributed by atoms with van der Waals surface area (Å²) >= 11 is 1.86. The van der Waals surface area contributed by atoms with Crippen LogP contribution in [0.3, 0.4) is 0 Å². The standard InChI is InChI=1S/C52H33N3S/c1-3-17-34(18-4-1)37-21-7-9-25-41(37)50-53-49(35-19-5-2-6-20-35)54-51(55-50)42-26-10-8-22-38(42)36-31-32-46-48(33-36)56-47-30-16-15-29-45(47)52(46)43-27-13-11-23-39(43)40-24-12-14-28-44(40)52/h1-33H. The van der Waals surface area contributed by atoms with Crippen LogP contribution in [0.5, 0.6) is 0 Å². The van der Waals surface area contributed by atoms with Crippen molar-refractivity contribution in [2.45, 2.75) is 15.2 Å². The molecule has 0 unspecified atom stereocenters. The van der Waals surface area contributed by atoms with Crippen LogP contribution in [0.15, 0.2) is 210 Å². The van der Waals surface area contributed by atoms with Gasteiger partial charge in [0.15, 0.2) is 17.5 Å². The number of hydrogen-bond acceptors (Lipinski definition) is 4. The highest BCUT2D eigenvalue weighted by molar-refractivity contribution is 7.99. The lowest BCUT2D eigenvalue weighted by Gasteiger charge is -2.39. The van der Waals surface area contributed by atoms with E-state index in [9.17, 15) is 0 Å². The van der Waals surface area contributed by atoms with Gasteiger partial charge in [-0.2, -0.15) is 0 Å². The van der Waals surface area contributed by atoms with Crippen LogP contribution in [0, 0.1) is 0 Å². The molecule has 0 bridgehead atoms. The number of nitrogens with zero attached hydrogens (tertiary/aromatic N) is 3. The molecule has 1 aliphatic heterocycles. The van der Waals surface area contributed by atoms with Gasteiger partial charge in [-0.3, -0.25) is 0 Å². The van der Waals surface area contributed by atoms with Gasteiger partial charge in [-0.25, -0.2) is 15.0 Å². The van der Waals surface area contributed by atoms with Gasteiger partial charge in [0.2, 0.25) is 0 Å². The maximum Gasteiger partial charge on any atom is 0.164 e. The van der Waals surface area contributed by atoms with Crippen molar-refractivity contribution in [3.05, 3.63) is 222 Å². The van der Waals surface area contributed by atoms with Crippen LogP contribution in [0.4, 0.5) is 0 Å². The zero-order chi connectivity index (χ0) is 37.1. The molecule has 1 aliphatic carbocycles. The second-order valence-electron chi connectivity index (χ2n) is 14.3. The van der Waals surface area contributed by atoms with Gasteiger partial charge < -0.3 is 0 Å². The van der Waals surface area contributed by atoms with Crippen LogP contribution in [0.1, 0.15) is 22.3 Å². The fraction of sp³-hybridized carbons (Fsp3) is 0.0192. The second-order valence-corrected chi connectivity index (χ2v) is 15.4. The van der Waals surface area contributed by atoms with Crippen LogP contribution in [0.25, 0.3) is 67.5 Å². The van der Waals surface area contributed by atoms with Crippen LogP contribution in [-0.2, 0) is 5.41 Å². The molecule has 0 saturated carbocycles. The lowest BCUT2D eigenvalue weighted by atomic mass is 9.67. The van der Waals surface area contributed by atoms with E-state index in [0.717, 1.165) is 38.9 Å². The molecule has 2 aliphatic rings. The Labute approximate surface area is 330 Å². The Morgan fingerprint density at radius 1 is 0.286 bits per heavy atom. The SMILES string of the molecule is c1ccc(-c2nc(-c3ccccc3-c3ccccc3)nc(-c3ccccc3-c3ccc4c(c3)Sc3ccccc3C43c4ccccc4-c4ccccc43)n2)cc1. The van der Waals surface area contributed by atoms with Crippen molar-refractivity contribution >= 4 is 11.8 Å². The predicted octanol–water partition coefficient (Wildman–Crippen LogP) is 13.0. The Hall–Kier alpha value is -6.88. The quantitative estimate of drug-likeness (QED) is 0.177. The van der Waals surface area contributed by atoms with E-state index in [-0.39, 0.29) is 0 Å². The molecule has 0 saturated heterocycles. The van der Waals surface area contributed by atoms with Crippen molar-refractivity contribution in [3.63, 3.8) is 0 Å². The highest BCUT2D eigenvalue weighted by Gasteiger charge is 2.50. The highest BCUT2D eigenvalue weighted by atomic mass is 32.2. The summed E-state index contributed by atoms with van der Waals surface area (Å²) in [6.07, 6.45) is 0. The molecule has 8 aromatic carbocycles. The van der Waals surface area contributed by atoms with Gasteiger partial charge in [0, 0.05) is 26.5 Å².